The highest BCUT2D eigenvalue weighted by molar-refractivity contribution is 9.10. The first kappa shape index (κ1) is 24.1. The number of fused-ring (bicyclic) bond motifs is 1. The average Bonchev–Trinajstić information content (AvgIpc) is 2.78. The van der Waals surface area contributed by atoms with E-state index in [0.717, 1.165) is 15.5 Å². The number of nitrogen functional groups attached to an aromatic ring is 1. The Balaban J connectivity index is 1.51. The van der Waals surface area contributed by atoms with E-state index in [4.69, 9.17) is 24.7 Å². The van der Waals surface area contributed by atoms with Crippen LogP contribution >= 0.6 is 15.9 Å². The van der Waals surface area contributed by atoms with Crippen molar-refractivity contribution in [3.63, 3.8) is 0 Å². The maximum atomic E-state index is 11.9. The van der Waals surface area contributed by atoms with E-state index in [1.807, 2.05) is 36.4 Å². The molecule has 0 fully saturated rings. The van der Waals surface area contributed by atoms with E-state index < -0.39 is 6.67 Å². The van der Waals surface area contributed by atoms with Crippen LogP contribution in [0.2, 0.25) is 0 Å². The number of ether oxygens (including phenoxy) is 4. The van der Waals surface area contributed by atoms with Crippen molar-refractivity contribution < 1.29 is 23.3 Å². The van der Waals surface area contributed by atoms with Crippen LogP contribution in [0.5, 0.6) is 6.01 Å². The highest BCUT2D eigenvalue weighted by Crippen LogP contribution is 2.28. The first-order chi connectivity index (χ1) is 15.7. The molecule has 0 amide bonds. The number of hydrogen-bond acceptors (Lipinski definition) is 8. The molecular formula is C22H26BrFN4O4. The largest absolute Gasteiger partial charge is 0.461 e. The van der Waals surface area contributed by atoms with Gasteiger partial charge < -0.3 is 30.0 Å². The van der Waals surface area contributed by atoms with E-state index in [1.165, 1.54) is 0 Å². The van der Waals surface area contributed by atoms with Crippen molar-refractivity contribution >= 4 is 44.0 Å². The average molecular weight is 509 g/mol. The minimum atomic E-state index is -0.486. The summed E-state index contributed by atoms with van der Waals surface area (Å²) >= 11 is 3.47. The molecule has 1 heterocycles. The molecule has 1 aromatic heterocycles. The van der Waals surface area contributed by atoms with Gasteiger partial charge >= 0.3 is 6.01 Å². The van der Waals surface area contributed by atoms with Crippen LogP contribution < -0.4 is 15.8 Å². The molecule has 8 nitrogen and oxygen atoms in total. The van der Waals surface area contributed by atoms with Crippen molar-refractivity contribution in [2.75, 3.05) is 64.0 Å². The smallest absolute Gasteiger partial charge is 0.319 e. The lowest BCUT2D eigenvalue weighted by Crippen LogP contribution is -2.14. The summed E-state index contributed by atoms with van der Waals surface area (Å²) in [6, 6.07) is 13.4. The predicted octanol–water partition coefficient (Wildman–Crippen LogP) is 4.12. The van der Waals surface area contributed by atoms with E-state index in [1.54, 1.807) is 6.07 Å². The molecule has 0 aliphatic carbocycles. The molecular weight excluding hydrogens is 483 g/mol. The molecule has 10 heteroatoms. The standard InChI is InChI=1S/C22H26BrFN4O4/c23-16-2-1-3-18(14-16)26-21-19-15-17(25)4-5-20(19)27-22(28-21)32-13-12-31-11-10-30-9-8-29-7-6-24/h1-5,14-15H,6-13,25H2,(H,26,27,28). The summed E-state index contributed by atoms with van der Waals surface area (Å²) in [5.74, 6) is 0.597. The maximum Gasteiger partial charge on any atom is 0.319 e. The topological polar surface area (TPSA) is 101 Å². The van der Waals surface area contributed by atoms with E-state index in [-0.39, 0.29) is 19.2 Å². The zero-order valence-corrected chi connectivity index (χ0v) is 19.1. The minimum Gasteiger partial charge on any atom is -0.461 e. The number of hydrogen-bond donors (Lipinski definition) is 2. The van der Waals surface area contributed by atoms with Crippen LogP contribution in [-0.2, 0) is 14.2 Å². The summed E-state index contributed by atoms with van der Waals surface area (Å²) < 4.78 is 34.3. The van der Waals surface area contributed by atoms with Gasteiger partial charge in [-0.15, -0.1) is 0 Å². The lowest BCUT2D eigenvalue weighted by atomic mass is 10.2. The zero-order chi connectivity index (χ0) is 22.6. The first-order valence-electron chi connectivity index (χ1n) is 10.2. The molecule has 0 aliphatic heterocycles. The van der Waals surface area contributed by atoms with Crippen LogP contribution in [0.3, 0.4) is 0 Å². The summed E-state index contributed by atoms with van der Waals surface area (Å²) in [6.07, 6.45) is 0. The number of nitrogens with two attached hydrogens (primary N) is 1. The highest BCUT2D eigenvalue weighted by atomic mass is 79.9. The Labute approximate surface area is 194 Å². The number of aromatic nitrogens is 2. The molecule has 0 aliphatic rings. The zero-order valence-electron chi connectivity index (χ0n) is 17.6. The lowest BCUT2D eigenvalue weighted by Gasteiger charge is -2.12. The van der Waals surface area contributed by atoms with Crippen molar-refractivity contribution in [1.82, 2.24) is 9.97 Å². The summed E-state index contributed by atoms with van der Waals surface area (Å²) in [7, 11) is 0. The van der Waals surface area contributed by atoms with Crippen molar-refractivity contribution in [2.45, 2.75) is 0 Å². The van der Waals surface area contributed by atoms with Gasteiger partial charge in [-0.3, -0.25) is 0 Å². The summed E-state index contributed by atoms with van der Waals surface area (Å²) in [6.45, 7) is 1.88. The van der Waals surface area contributed by atoms with Crippen molar-refractivity contribution in [3.8, 4) is 6.01 Å². The van der Waals surface area contributed by atoms with Crippen LogP contribution in [0.25, 0.3) is 10.9 Å². The van der Waals surface area contributed by atoms with Gasteiger partial charge in [-0.05, 0) is 36.4 Å². The molecule has 0 saturated carbocycles. The number of nitrogens with zero attached hydrogens (tertiary/aromatic N) is 2. The molecule has 0 atom stereocenters. The molecule has 0 radical (unpaired) electrons. The molecule has 0 unspecified atom stereocenters. The third-order valence-electron chi connectivity index (χ3n) is 4.21. The van der Waals surface area contributed by atoms with Gasteiger partial charge in [0.2, 0.25) is 0 Å². The SMILES string of the molecule is Nc1ccc2nc(OCCOCCOCCOCCF)nc(Nc3cccc(Br)c3)c2c1. The van der Waals surface area contributed by atoms with E-state index >= 15 is 0 Å². The predicted molar refractivity (Wildman–Crippen MR) is 125 cm³/mol. The molecule has 172 valence electrons. The molecule has 3 N–H and O–H groups in total. The number of halogens is 2. The lowest BCUT2D eigenvalue weighted by molar-refractivity contribution is 0.00706. The van der Waals surface area contributed by atoms with E-state index in [9.17, 15) is 4.39 Å². The first-order valence-corrected chi connectivity index (χ1v) is 11.0. The Bertz CT molecular complexity index is 995. The Morgan fingerprint density at radius 2 is 1.59 bits per heavy atom. The van der Waals surface area contributed by atoms with Crippen LogP contribution in [-0.4, -0.2) is 62.9 Å². The van der Waals surface area contributed by atoms with Crippen molar-refractivity contribution in [2.24, 2.45) is 0 Å². The Hall–Kier alpha value is -2.53. The van der Waals surface area contributed by atoms with E-state index in [0.29, 0.717) is 50.1 Å². The number of nitrogens with one attached hydrogen (secondary N) is 1. The Morgan fingerprint density at radius 3 is 2.31 bits per heavy atom. The molecule has 0 spiro atoms. The van der Waals surface area contributed by atoms with Crippen molar-refractivity contribution in [3.05, 3.63) is 46.9 Å². The van der Waals surface area contributed by atoms with Crippen LogP contribution in [0.1, 0.15) is 0 Å². The fourth-order valence-corrected chi connectivity index (χ4v) is 3.18. The Kier molecular flexibility index (Phi) is 9.89. The third-order valence-corrected chi connectivity index (χ3v) is 4.70. The number of rotatable bonds is 14. The monoisotopic (exact) mass is 508 g/mol. The van der Waals surface area contributed by atoms with Gasteiger partial charge in [0.15, 0.2) is 0 Å². The second-order valence-corrected chi connectivity index (χ2v) is 7.56. The molecule has 0 saturated heterocycles. The Morgan fingerprint density at radius 1 is 0.875 bits per heavy atom. The quantitative estimate of drug-likeness (QED) is 0.247. The second kappa shape index (κ2) is 13.1. The maximum absolute atomic E-state index is 11.9. The van der Waals surface area contributed by atoms with Crippen molar-refractivity contribution in [1.29, 1.82) is 0 Å². The molecule has 3 aromatic rings. The van der Waals surface area contributed by atoms with Gasteiger partial charge in [0.05, 0.1) is 45.2 Å². The van der Waals surface area contributed by atoms with Crippen LogP contribution in [0.15, 0.2) is 46.9 Å². The molecule has 32 heavy (non-hydrogen) atoms. The number of benzene rings is 2. The van der Waals surface area contributed by atoms with Gasteiger partial charge in [-0.2, -0.15) is 9.97 Å². The van der Waals surface area contributed by atoms with Crippen LogP contribution in [0, 0.1) is 0 Å². The fourth-order valence-electron chi connectivity index (χ4n) is 2.78. The van der Waals surface area contributed by atoms with Gasteiger partial charge in [0, 0.05) is 21.2 Å². The van der Waals surface area contributed by atoms with E-state index in [2.05, 4.69) is 31.2 Å². The second-order valence-electron chi connectivity index (χ2n) is 6.64. The summed E-state index contributed by atoms with van der Waals surface area (Å²) in [5.41, 5.74) is 8.16. The third kappa shape index (κ3) is 7.86. The van der Waals surface area contributed by atoms with Gasteiger partial charge in [-0.25, -0.2) is 4.39 Å². The van der Waals surface area contributed by atoms with Gasteiger partial charge in [0.25, 0.3) is 0 Å². The number of anilines is 3. The molecule has 2 aromatic carbocycles. The van der Waals surface area contributed by atoms with Crippen LogP contribution in [0.4, 0.5) is 21.6 Å². The highest BCUT2D eigenvalue weighted by Gasteiger charge is 2.10. The summed E-state index contributed by atoms with van der Waals surface area (Å²) in [4.78, 5) is 8.97. The normalized spacial score (nSPS) is 11.1. The minimum absolute atomic E-state index is 0.0988. The summed E-state index contributed by atoms with van der Waals surface area (Å²) in [5, 5.41) is 4.10. The number of alkyl halides is 1. The molecule has 3 rings (SSSR count). The van der Waals surface area contributed by atoms with Gasteiger partial charge in [0.1, 0.15) is 19.1 Å². The fraction of sp³-hybridized carbons (Fsp3) is 0.364. The molecule has 0 bridgehead atoms. The van der Waals surface area contributed by atoms with Gasteiger partial charge in [-0.1, -0.05) is 22.0 Å².